The summed E-state index contributed by atoms with van der Waals surface area (Å²) in [7, 11) is 0. The highest BCUT2D eigenvalue weighted by atomic mass is 32.1. The van der Waals surface area contributed by atoms with Crippen molar-refractivity contribution in [3.8, 4) is 6.07 Å². The van der Waals surface area contributed by atoms with E-state index in [4.69, 9.17) is 17.5 Å². The predicted molar refractivity (Wildman–Crippen MR) is 97.4 cm³/mol. The van der Waals surface area contributed by atoms with Gasteiger partial charge in [0.05, 0.1) is 38.9 Å². The molecular weight excluding hydrogens is 433 g/mol. The lowest BCUT2D eigenvalue weighted by Crippen LogP contribution is -2.34. The van der Waals surface area contributed by atoms with Gasteiger partial charge in [-0.25, -0.2) is 4.98 Å². The minimum Gasteiger partial charge on any atom is -0.331 e. The molecule has 0 atom stereocenters. The minimum atomic E-state index is -4.87. The number of carbonyl (C=O) groups is 1. The molecule has 0 unspecified atom stereocenters. The number of halogens is 3. The number of nitro benzene ring substituents is 2. The van der Waals surface area contributed by atoms with E-state index in [1.54, 1.807) is 0 Å². The Hall–Kier alpha value is -4.19. The molecule has 1 aromatic heterocycles. The molecular formula is C15H7F3N6O5S. The molecule has 154 valence electrons. The van der Waals surface area contributed by atoms with Crippen LogP contribution in [0.3, 0.4) is 0 Å². The summed E-state index contributed by atoms with van der Waals surface area (Å²) in [6.45, 7) is 0. The average Bonchev–Trinajstić information content (AvgIpc) is 2.66. The molecule has 2 N–H and O–H groups in total. The van der Waals surface area contributed by atoms with Crippen LogP contribution in [0, 0.1) is 31.6 Å². The number of nitriles is 1. The van der Waals surface area contributed by atoms with Crippen molar-refractivity contribution in [1.29, 1.82) is 5.26 Å². The van der Waals surface area contributed by atoms with E-state index < -0.39 is 55.2 Å². The Bertz CT molecular complexity index is 1080. The van der Waals surface area contributed by atoms with E-state index in [0.29, 0.717) is 12.1 Å². The molecule has 0 aliphatic rings. The molecule has 0 radical (unpaired) electrons. The van der Waals surface area contributed by atoms with Crippen molar-refractivity contribution in [3.05, 3.63) is 67.5 Å². The van der Waals surface area contributed by atoms with E-state index >= 15 is 0 Å². The maximum Gasteiger partial charge on any atom is 0.419 e. The maximum atomic E-state index is 13.0. The molecule has 0 saturated carbocycles. The average molecular weight is 440 g/mol. The highest BCUT2D eigenvalue weighted by Crippen LogP contribution is 2.32. The number of anilines is 1. The van der Waals surface area contributed by atoms with Gasteiger partial charge in [-0.3, -0.25) is 30.3 Å². The summed E-state index contributed by atoms with van der Waals surface area (Å²) in [5.74, 6) is -1.09. The molecule has 30 heavy (non-hydrogen) atoms. The summed E-state index contributed by atoms with van der Waals surface area (Å²) in [5.41, 5.74) is -4.44. The van der Waals surface area contributed by atoms with E-state index in [9.17, 15) is 38.2 Å². The number of benzene rings is 1. The zero-order chi connectivity index (χ0) is 22.6. The molecule has 1 amide bonds. The summed E-state index contributed by atoms with van der Waals surface area (Å²) in [4.78, 5) is 35.4. The molecule has 0 saturated heterocycles. The van der Waals surface area contributed by atoms with Gasteiger partial charge < -0.3 is 5.32 Å². The lowest BCUT2D eigenvalue weighted by molar-refractivity contribution is -0.394. The first kappa shape index (κ1) is 22.1. The van der Waals surface area contributed by atoms with Gasteiger partial charge in [-0.05, 0) is 18.3 Å². The number of carbonyl (C=O) groups excluding carboxylic acids is 1. The second kappa shape index (κ2) is 8.45. The number of amides is 1. The van der Waals surface area contributed by atoms with Crippen molar-refractivity contribution in [1.82, 2.24) is 10.3 Å². The summed E-state index contributed by atoms with van der Waals surface area (Å²) in [6, 6.07) is 4.00. The molecule has 0 spiro atoms. The van der Waals surface area contributed by atoms with Gasteiger partial charge in [0.2, 0.25) is 0 Å². The number of thiocarbonyl (C=S) groups is 1. The van der Waals surface area contributed by atoms with Crippen LogP contribution in [0.2, 0.25) is 0 Å². The number of hydrogen-bond donors (Lipinski definition) is 2. The Labute approximate surface area is 169 Å². The Morgan fingerprint density at radius 3 is 2.17 bits per heavy atom. The first-order valence-corrected chi connectivity index (χ1v) is 7.86. The lowest BCUT2D eigenvalue weighted by atomic mass is 10.1. The van der Waals surface area contributed by atoms with E-state index in [0.717, 1.165) is 18.3 Å². The van der Waals surface area contributed by atoms with Crippen LogP contribution in [0.15, 0.2) is 30.5 Å². The molecule has 1 aromatic carbocycles. The van der Waals surface area contributed by atoms with Crippen LogP contribution in [0.5, 0.6) is 0 Å². The van der Waals surface area contributed by atoms with Crippen LogP contribution >= 0.6 is 12.2 Å². The van der Waals surface area contributed by atoms with E-state index in [2.05, 4.69) is 10.3 Å². The Morgan fingerprint density at radius 1 is 1.13 bits per heavy atom. The second-order valence-electron chi connectivity index (χ2n) is 5.39. The van der Waals surface area contributed by atoms with Crippen molar-refractivity contribution < 1.29 is 27.8 Å². The van der Waals surface area contributed by atoms with Gasteiger partial charge in [-0.1, -0.05) is 0 Å². The SMILES string of the molecule is N#Cc1ncc(NC(=S)NC(=O)c2cc([N+](=O)[O-])cc([N+](=O)[O-])c2)cc1C(F)(F)F. The summed E-state index contributed by atoms with van der Waals surface area (Å²) in [5, 5.41) is 34.2. The molecule has 11 nitrogen and oxygen atoms in total. The molecule has 0 aliphatic carbocycles. The Morgan fingerprint density at radius 2 is 1.70 bits per heavy atom. The minimum absolute atomic E-state index is 0.309. The molecule has 0 bridgehead atoms. The third kappa shape index (κ3) is 5.20. The molecule has 0 aliphatic heterocycles. The number of aromatic nitrogens is 1. The van der Waals surface area contributed by atoms with Gasteiger partial charge >= 0.3 is 6.18 Å². The molecule has 2 aromatic rings. The van der Waals surface area contributed by atoms with Crippen molar-refractivity contribution in [2.24, 2.45) is 0 Å². The summed E-state index contributed by atoms with van der Waals surface area (Å²) in [6.07, 6.45) is -4.01. The van der Waals surface area contributed by atoms with Crippen LogP contribution in [-0.4, -0.2) is 25.9 Å². The van der Waals surface area contributed by atoms with Crippen molar-refractivity contribution >= 4 is 40.3 Å². The van der Waals surface area contributed by atoms with Gasteiger partial charge in [-0.15, -0.1) is 0 Å². The smallest absolute Gasteiger partial charge is 0.331 e. The third-order valence-corrected chi connectivity index (χ3v) is 3.57. The normalized spacial score (nSPS) is 10.6. The highest BCUT2D eigenvalue weighted by molar-refractivity contribution is 7.80. The Kier molecular flexibility index (Phi) is 6.22. The second-order valence-corrected chi connectivity index (χ2v) is 5.80. The largest absolute Gasteiger partial charge is 0.419 e. The van der Waals surface area contributed by atoms with Crippen LogP contribution in [0.1, 0.15) is 21.6 Å². The number of alkyl halides is 3. The van der Waals surface area contributed by atoms with Gasteiger partial charge in [-0.2, -0.15) is 18.4 Å². The van der Waals surface area contributed by atoms with Gasteiger partial charge in [0, 0.05) is 12.1 Å². The predicted octanol–water partition coefficient (Wildman–Crippen LogP) is 2.92. The fourth-order valence-electron chi connectivity index (χ4n) is 2.11. The van der Waals surface area contributed by atoms with Crippen LogP contribution < -0.4 is 10.6 Å². The number of nitrogens with one attached hydrogen (secondary N) is 2. The molecule has 0 fully saturated rings. The van der Waals surface area contributed by atoms with Gasteiger partial charge in [0.15, 0.2) is 10.8 Å². The van der Waals surface area contributed by atoms with E-state index in [1.165, 1.54) is 6.07 Å². The topological polar surface area (TPSA) is 164 Å². The number of pyridine rings is 1. The van der Waals surface area contributed by atoms with Crippen LogP contribution in [0.25, 0.3) is 0 Å². The third-order valence-electron chi connectivity index (χ3n) is 3.37. The highest BCUT2D eigenvalue weighted by Gasteiger charge is 2.35. The van der Waals surface area contributed by atoms with E-state index in [-0.39, 0.29) is 5.69 Å². The molecule has 2 rings (SSSR count). The van der Waals surface area contributed by atoms with Crippen molar-refractivity contribution in [3.63, 3.8) is 0 Å². The maximum absolute atomic E-state index is 13.0. The van der Waals surface area contributed by atoms with Gasteiger partial charge in [0.1, 0.15) is 6.07 Å². The standard InChI is InChI=1S/C15H7F3N6O5S/c16-15(17,18)11-3-8(6-20-12(11)5-19)21-14(30)22-13(25)7-1-9(23(26)27)4-10(2-7)24(28)29/h1-4,6H,(H2,21,22,25,30). The zero-order valence-corrected chi connectivity index (χ0v) is 15.1. The van der Waals surface area contributed by atoms with Crippen molar-refractivity contribution in [2.45, 2.75) is 6.18 Å². The van der Waals surface area contributed by atoms with Crippen LogP contribution in [-0.2, 0) is 6.18 Å². The molecule has 1 heterocycles. The quantitative estimate of drug-likeness (QED) is 0.413. The van der Waals surface area contributed by atoms with Crippen LogP contribution in [0.4, 0.5) is 30.2 Å². The van der Waals surface area contributed by atoms with Crippen molar-refractivity contribution in [2.75, 3.05) is 5.32 Å². The summed E-state index contributed by atoms with van der Waals surface area (Å²) >= 11 is 4.79. The molecule has 15 heteroatoms. The Balaban J connectivity index is 2.23. The number of nitro groups is 2. The first-order valence-electron chi connectivity index (χ1n) is 7.46. The lowest BCUT2D eigenvalue weighted by Gasteiger charge is -2.12. The zero-order valence-electron chi connectivity index (χ0n) is 14.3. The number of rotatable bonds is 4. The van der Waals surface area contributed by atoms with Gasteiger partial charge in [0.25, 0.3) is 17.3 Å². The number of hydrogen-bond acceptors (Lipinski definition) is 8. The fourth-order valence-corrected chi connectivity index (χ4v) is 2.32. The fraction of sp³-hybridized carbons (Fsp3) is 0.0667. The number of nitrogens with zero attached hydrogens (tertiary/aromatic N) is 4. The summed E-state index contributed by atoms with van der Waals surface area (Å²) < 4.78 is 38.9. The first-order chi connectivity index (χ1) is 13.9. The monoisotopic (exact) mass is 440 g/mol. The number of non-ortho nitro benzene ring substituents is 2. The van der Waals surface area contributed by atoms with E-state index in [1.807, 2.05) is 5.32 Å².